The second-order valence-electron chi connectivity index (χ2n) is 7.73. The maximum Gasteiger partial charge on any atom is 0.303 e. The van der Waals surface area contributed by atoms with Crippen LogP contribution in [0.4, 0.5) is 0 Å². The number of rotatable bonds is 21. The SMILES string of the molecule is O=C(O)CCCNC(=O)CCCCCCCCCCCCC(=O)NCCCC(=O)O. The van der Waals surface area contributed by atoms with Crippen molar-refractivity contribution < 1.29 is 29.4 Å². The highest BCUT2D eigenvalue weighted by molar-refractivity contribution is 5.76. The van der Waals surface area contributed by atoms with E-state index in [0.29, 0.717) is 38.8 Å². The van der Waals surface area contributed by atoms with Gasteiger partial charge in [0.2, 0.25) is 11.8 Å². The number of aliphatic carboxylic acids is 2. The minimum Gasteiger partial charge on any atom is -0.481 e. The van der Waals surface area contributed by atoms with Crippen molar-refractivity contribution in [1.82, 2.24) is 10.6 Å². The van der Waals surface area contributed by atoms with Crippen molar-refractivity contribution >= 4 is 23.8 Å². The van der Waals surface area contributed by atoms with E-state index in [1.807, 2.05) is 0 Å². The predicted molar refractivity (Wildman–Crippen MR) is 115 cm³/mol. The van der Waals surface area contributed by atoms with Gasteiger partial charge in [0.1, 0.15) is 0 Å². The van der Waals surface area contributed by atoms with E-state index in [-0.39, 0.29) is 24.7 Å². The molecule has 0 aliphatic heterocycles. The molecule has 0 bridgehead atoms. The average Bonchev–Trinajstić information content (AvgIpc) is 2.69. The second kappa shape index (κ2) is 20.2. The summed E-state index contributed by atoms with van der Waals surface area (Å²) in [6, 6.07) is 0. The normalized spacial score (nSPS) is 10.5. The van der Waals surface area contributed by atoms with E-state index < -0.39 is 11.9 Å². The van der Waals surface area contributed by atoms with Crippen LogP contribution in [-0.4, -0.2) is 47.1 Å². The van der Waals surface area contributed by atoms with Crippen molar-refractivity contribution in [3.05, 3.63) is 0 Å². The highest BCUT2D eigenvalue weighted by Crippen LogP contribution is 2.12. The zero-order valence-electron chi connectivity index (χ0n) is 18.3. The first kappa shape index (κ1) is 27.9. The van der Waals surface area contributed by atoms with Gasteiger partial charge in [0.15, 0.2) is 0 Å². The number of amides is 2. The Morgan fingerprint density at radius 3 is 1.03 bits per heavy atom. The third-order valence-electron chi connectivity index (χ3n) is 4.84. The molecule has 8 heteroatoms. The maximum atomic E-state index is 11.6. The second-order valence-corrected chi connectivity index (χ2v) is 7.73. The topological polar surface area (TPSA) is 133 Å². The number of unbranched alkanes of at least 4 members (excludes halogenated alkanes) is 9. The molecule has 30 heavy (non-hydrogen) atoms. The quantitative estimate of drug-likeness (QED) is 0.206. The van der Waals surface area contributed by atoms with Gasteiger partial charge < -0.3 is 20.8 Å². The first-order valence-electron chi connectivity index (χ1n) is 11.4. The molecule has 0 saturated heterocycles. The van der Waals surface area contributed by atoms with Gasteiger partial charge in [-0.05, 0) is 25.7 Å². The Labute approximate surface area is 180 Å². The Morgan fingerprint density at radius 2 is 0.733 bits per heavy atom. The molecule has 0 fully saturated rings. The van der Waals surface area contributed by atoms with Crippen molar-refractivity contribution in [3.8, 4) is 0 Å². The van der Waals surface area contributed by atoms with Gasteiger partial charge in [-0.2, -0.15) is 0 Å². The molecule has 0 radical (unpaired) electrons. The Balaban J connectivity index is 3.25. The molecule has 0 aromatic heterocycles. The van der Waals surface area contributed by atoms with Crippen LogP contribution in [0.25, 0.3) is 0 Å². The molecule has 4 N–H and O–H groups in total. The number of carbonyl (C=O) groups excluding carboxylic acids is 2. The maximum absolute atomic E-state index is 11.6. The van der Waals surface area contributed by atoms with Gasteiger partial charge in [-0.3, -0.25) is 19.2 Å². The molecule has 0 aliphatic rings. The van der Waals surface area contributed by atoms with Gasteiger partial charge in [0.25, 0.3) is 0 Å². The number of carbonyl (C=O) groups is 4. The van der Waals surface area contributed by atoms with E-state index in [0.717, 1.165) is 38.5 Å². The van der Waals surface area contributed by atoms with Crippen LogP contribution in [-0.2, 0) is 19.2 Å². The largest absolute Gasteiger partial charge is 0.481 e. The molecule has 0 unspecified atom stereocenters. The van der Waals surface area contributed by atoms with Crippen LogP contribution in [0.5, 0.6) is 0 Å². The van der Waals surface area contributed by atoms with E-state index >= 15 is 0 Å². The highest BCUT2D eigenvalue weighted by atomic mass is 16.4. The lowest BCUT2D eigenvalue weighted by molar-refractivity contribution is -0.138. The molecule has 0 spiro atoms. The summed E-state index contributed by atoms with van der Waals surface area (Å²) in [7, 11) is 0. The van der Waals surface area contributed by atoms with Gasteiger partial charge in [0, 0.05) is 38.8 Å². The molecule has 0 heterocycles. The molecule has 0 aromatic rings. The smallest absolute Gasteiger partial charge is 0.303 e. The summed E-state index contributed by atoms with van der Waals surface area (Å²) in [4.78, 5) is 43.9. The first-order valence-corrected chi connectivity index (χ1v) is 11.4. The molecule has 0 aromatic carbocycles. The van der Waals surface area contributed by atoms with Crippen molar-refractivity contribution in [2.45, 2.75) is 103 Å². The minimum absolute atomic E-state index is 0.00864. The highest BCUT2D eigenvalue weighted by Gasteiger charge is 2.03. The molecular formula is C22H40N2O6. The summed E-state index contributed by atoms with van der Waals surface area (Å²) >= 11 is 0. The van der Waals surface area contributed by atoms with Crippen LogP contribution >= 0.6 is 0 Å². The lowest BCUT2D eigenvalue weighted by Gasteiger charge is -2.05. The van der Waals surface area contributed by atoms with Gasteiger partial charge >= 0.3 is 11.9 Å². The summed E-state index contributed by atoms with van der Waals surface area (Å²) in [5.41, 5.74) is 0. The minimum atomic E-state index is -0.835. The van der Waals surface area contributed by atoms with Gasteiger partial charge in [-0.1, -0.05) is 51.4 Å². The number of carboxylic acids is 2. The van der Waals surface area contributed by atoms with Crippen LogP contribution in [0, 0.1) is 0 Å². The van der Waals surface area contributed by atoms with Crippen LogP contribution in [0.3, 0.4) is 0 Å². The lowest BCUT2D eigenvalue weighted by atomic mass is 10.0. The van der Waals surface area contributed by atoms with E-state index in [9.17, 15) is 19.2 Å². The zero-order valence-corrected chi connectivity index (χ0v) is 18.3. The summed E-state index contributed by atoms with van der Waals surface area (Å²) in [6.07, 6.45) is 13.0. The summed E-state index contributed by atoms with van der Waals surface area (Å²) in [5.74, 6) is -1.65. The lowest BCUT2D eigenvalue weighted by Crippen LogP contribution is -2.24. The van der Waals surface area contributed by atoms with E-state index in [2.05, 4.69) is 10.6 Å². The van der Waals surface area contributed by atoms with Crippen LogP contribution in [0.15, 0.2) is 0 Å². The van der Waals surface area contributed by atoms with Crippen molar-refractivity contribution in [3.63, 3.8) is 0 Å². The van der Waals surface area contributed by atoms with E-state index in [1.165, 1.54) is 25.7 Å². The summed E-state index contributed by atoms with van der Waals surface area (Å²) in [5, 5.41) is 22.5. The fourth-order valence-electron chi connectivity index (χ4n) is 3.10. The summed E-state index contributed by atoms with van der Waals surface area (Å²) < 4.78 is 0. The van der Waals surface area contributed by atoms with Crippen LogP contribution < -0.4 is 10.6 Å². The molecule has 0 saturated carbocycles. The number of nitrogens with one attached hydrogen (secondary N) is 2. The fraction of sp³-hybridized carbons (Fsp3) is 0.818. The third-order valence-corrected chi connectivity index (χ3v) is 4.84. The zero-order chi connectivity index (χ0) is 22.5. The summed E-state index contributed by atoms with van der Waals surface area (Å²) in [6.45, 7) is 0.866. The van der Waals surface area contributed by atoms with E-state index in [1.54, 1.807) is 0 Å². The number of hydrogen-bond acceptors (Lipinski definition) is 4. The molecule has 0 rings (SSSR count). The number of hydrogen-bond donors (Lipinski definition) is 4. The predicted octanol–water partition coefficient (Wildman–Crippen LogP) is 3.63. The Morgan fingerprint density at radius 1 is 0.433 bits per heavy atom. The molecule has 0 atom stereocenters. The van der Waals surface area contributed by atoms with Gasteiger partial charge in [-0.15, -0.1) is 0 Å². The Hall–Kier alpha value is -2.12. The van der Waals surface area contributed by atoms with Crippen LogP contribution in [0.2, 0.25) is 0 Å². The molecular weight excluding hydrogens is 388 g/mol. The Kier molecular flexibility index (Phi) is 18.7. The van der Waals surface area contributed by atoms with E-state index in [4.69, 9.17) is 10.2 Å². The Bertz CT molecular complexity index is 452. The van der Waals surface area contributed by atoms with Crippen molar-refractivity contribution in [2.75, 3.05) is 13.1 Å². The van der Waals surface area contributed by atoms with Crippen LogP contribution in [0.1, 0.15) is 103 Å². The standard InChI is InChI=1S/C22H40N2O6/c25-19(23-17-11-15-21(27)28)13-9-7-5-3-1-2-4-6-8-10-14-20(26)24-18-12-16-22(29)30/h1-18H2,(H,23,25)(H,24,26)(H,27,28)(H,29,30). The number of carboxylic acid groups (broad SMARTS) is 2. The fourth-order valence-corrected chi connectivity index (χ4v) is 3.10. The van der Waals surface area contributed by atoms with Crippen molar-refractivity contribution in [1.29, 1.82) is 0 Å². The van der Waals surface area contributed by atoms with Gasteiger partial charge in [-0.25, -0.2) is 0 Å². The molecule has 8 nitrogen and oxygen atoms in total. The van der Waals surface area contributed by atoms with Crippen molar-refractivity contribution in [2.24, 2.45) is 0 Å². The average molecular weight is 429 g/mol. The monoisotopic (exact) mass is 428 g/mol. The first-order chi connectivity index (χ1) is 14.4. The third kappa shape index (κ3) is 22.2. The molecule has 174 valence electrons. The molecule has 2 amide bonds. The van der Waals surface area contributed by atoms with Gasteiger partial charge in [0.05, 0.1) is 0 Å². The molecule has 0 aliphatic carbocycles.